The van der Waals surface area contributed by atoms with E-state index in [9.17, 15) is 0 Å². The van der Waals surface area contributed by atoms with Crippen molar-refractivity contribution in [3.63, 3.8) is 0 Å². The lowest BCUT2D eigenvalue weighted by Gasteiger charge is -1.98. The minimum absolute atomic E-state index is 0.224. The van der Waals surface area contributed by atoms with Crippen molar-refractivity contribution in [3.8, 4) is 6.07 Å². The third-order valence-corrected chi connectivity index (χ3v) is 1.92. The van der Waals surface area contributed by atoms with Gasteiger partial charge in [0.05, 0.1) is 11.9 Å². The highest BCUT2D eigenvalue weighted by molar-refractivity contribution is 5.43. The first kappa shape index (κ1) is 7.04. The summed E-state index contributed by atoms with van der Waals surface area (Å²) in [5.41, 5.74) is 6.58. The monoisotopic (exact) mass is 160 g/mol. The lowest BCUT2D eigenvalue weighted by atomic mass is 10.3. The van der Waals surface area contributed by atoms with Crippen LogP contribution in [0, 0.1) is 11.3 Å². The highest BCUT2D eigenvalue weighted by atomic mass is 14.9. The predicted molar refractivity (Wildman–Crippen MR) is 43.1 cm³/mol. The summed E-state index contributed by atoms with van der Waals surface area (Å²) in [5, 5.41) is 8.61. The molecule has 0 atom stereocenters. The fourth-order valence-electron chi connectivity index (χ4n) is 1.07. The smallest absolute Gasteiger partial charge is 0.183 e. The van der Waals surface area contributed by atoms with Gasteiger partial charge in [-0.1, -0.05) is 0 Å². The number of hydrogen-bond acceptors (Lipinski definition) is 4. The van der Waals surface area contributed by atoms with Gasteiger partial charge in [0.25, 0.3) is 0 Å². The molecule has 1 aromatic rings. The molecular weight excluding hydrogens is 152 g/mol. The summed E-state index contributed by atoms with van der Waals surface area (Å²) in [6.07, 6.45) is 3.97. The summed E-state index contributed by atoms with van der Waals surface area (Å²) in [6.45, 7) is 0. The van der Waals surface area contributed by atoms with E-state index in [-0.39, 0.29) is 11.5 Å². The molecule has 0 aliphatic heterocycles. The molecule has 1 aromatic heterocycles. The molecule has 0 saturated heterocycles. The zero-order chi connectivity index (χ0) is 8.55. The maximum absolute atomic E-state index is 8.61. The second-order valence-corrected chi connectivity index (χ2v) is 2.91. The van der Waals surface area contributed by atoms with Crippen molar-refractivity contribution in [1.29, 1.82) is 5.26 Å². The fraction of sp³-hybridized carbons (Fsp3) is 0.375. The van der Waals surface area contributed by atoms with E-state index in [0.717, 1.165) is 18.5 Å². The minimum Gasteiger partial charge on any atom is -0.381 e. The van der Waals surface area contributed by atoms with Gasteiger partial charge in [-0.25, -0.2) is 9.97 Å². The number of anilines is 1. The molecule has 1 fully saturated rings. The number of hydrogen-bond donors (Lipinski definition) is 1. The van der Waals surface area contributed by atoms with Gasteiger partial charge < -0.3 is 5.73 Å². The SMILES string of the molecule is N#Cc1nc(C2CC2)cnc1N. The van der Waals surface area contributed by atoms with Crippen LogP contribution in [0.15, 0.2) is 6.20 Å². The topological polar surface area (TPSA) is 75.6 Å². The van der Waals surface area contributed by atoms with Gasteiger partial charge in [-0.05, 0) is 12.8 Å². The van der Waals surface area contributed by atoms with Gasteiger partial charge in [0, 0.05) is 5.92 Å². The van der Waals surface area contributed by atoms with Gasteiger partial charge in [0.2, 0.25) is 0 Å². The Morgan fingerprint density at radius 2 is 2.33 bits per heavy atom. The van der Waals surface area contributed by atoms with Crippen LogP contribution in [0.25, 0.3) is 0 Å². The van der Waals surface area contributed by atoms with Gasteiger partial charge in [-0.3, -0.25) is 0 Å². The first-order valence-electron chi connectivity index (χ1n) is 3.84. The van der Waals surface area contributed by atoms with Crippen LogP contribution in [0.3, 0.4) is 0 Å². The Bertz CT molecular complexity index is 349. The average molecular weight is 160 g/mol. The van der Waals surface area contributed by atoms with Crippen LogP contribution < -0.4 is 5.73 Å². The molecule has 1 saturated carbocycles. The van der Waals surface area contributed by atoms with E-state index in [0.29, 0.717) is 5.92 Å². The molecule has 1 aliphatic carbocycles. The number of nitrogen functional groups attached to an aromatic ring is 1. The van der Waals surface area contributed by atoms with Crippen LogP contribution in [0.1, 0.15) is 30.1 Å². The van der Waals surface area contributed by atoms with Crippen LogP contribution in [-0.4, -0.2) is 9.97 Å². The van der Waals surface area contributed by atoms with Crippen molar-refractivity contribution >= 4 is 5.82 Å². The van der Waals surface area contributed by atoms with E-state index in [1.165, 1.54) is 0 Å². The normalized spacial score (nSPS) is 15.6. The maximum Gasteiger partial charge on any atom is 0.183 e. The van der Waals surface area contributed by atoms with E-state index in [1.807, 2.05) is 6.07 Å². The lowest BCUT2D eigenvalue weighted by molar-refractivity contribution is 0.981. The van der Waals surface area contributed by atoms with E-state index in [2.05, 4.69) is 9.97 Å². The first-order chi connectivity index (χ1) is 5.81. The predicted octanol–water partition coefficient (Wildman–Crippen LogP) is 0.808. The lowest BCUT2D eigenvalue weighted by Crippen LogP contribution is -2.00. The Labute approximate surface area is 70.1 Å². The van der Waals surface area contributed by atoms with Crippen molar-refractivity contribution in [1.82, 2.24) is 9.97 Å². The molecular formula is C8H8N4. The molecule has 0 unspecified atom stereocenters. The van der Waals surface area contributed by atoms with Crippen molar-refractivity contribution in [2.24, 2.45) is 0 Å². The molecule has 0 amide bonds. The second kappa shape index (κ2) is 2.45. The molecule has 0 bridgehead atoms. The number of nitrogens with zero attached hydrogens (tertiary/aromatic N) is 3. The summed E-state index contributed by atoms with van der Waals surface area (Å²) < 4.78 is 0. The Morgan fingerprint density at radius 3 is 2.92 bits per heavy atom. The van der Waals surface area contributed by atoms with Gasteiger partial charge in [-0.2, -0.15) is 5.26 Å². The van der Waals surface area contributed by atoms with Crippen LogP contribution >= 0.6 is 0 Å². The molecule has 4 nitrogen and oxygen atoms in total. The standard InChI is InChI=1S/C8H8N4/c9-3-6-8(10)11-4-7(12-6)5-1-2-5/h4-5H,1-2H2,(H2,10,11). The third kappa shape index (κ3) is 1.10. The summed E-state index contributed by atoms with van der Waals surface area (Å²) in [7, 11) is 0. The zero-order valence-electron chi connectivity index (χ0n) is 6.49. The quantitative estimate of drug-likeness (QED) is 0.659. The van der Waals surface area contributed by atoms with E-state index in [4.69, 9.17) is 11.0 Å². The molecule has 1 heterocycles. The average Bonchev–Trinajstić information content (AvgIpc) is 2.88. The van der Waals surface area contributed by atoms with Crippen LogP contribution in [0.4, 0.5) is 5.82 Å². The molecule has 0 aromatic carbocycles. The Balaban J connectivity index is 2.42. The molecule has 0 radical (unpaired) electrons. The Kier molecular flexibility index (Phi) is 1.44. The molecule has 0 spiro atoms. The molecule has 2 N–H and O–H groups in total. The molecule has 1 aliphatic rings. The highest BCUT2D eigenvalue weighted by Gasteiger charge is 2.25. The summed E-state index contributed by atoms with van der Waals surface area (Å²) in [5.74, 6) is 0.743. The number of nitrogens with two attached hydrogens (primary N) is 1. The fourth-order valence-corrected chi connectivity index (χ4v) is 1.07. The minimum atomic E-state index is 0.224. The van der Waals surface area contributed by atoms with E-state index >= 15 is 0 Å². The van der Waals surface area contributed by atoms with Crippen molar-refractivity contribution in [3.05, 3.63) is 17.6 Å². The highest BCUT2D eigenvalue weighted by Crippen LogP contribution is 2.38. The first-order valence-corrected chi connectivity index (χ1v) is 3.84. The van der Waals surface area contributed by atoms with E-state index in [1.54, 1.807) is 6.20 Å². The molecule has 2 rings (SSSR count). The second-order valence-electron chi connectivity index (χ2n) is 2.91. The Morgan fingerprint density at radius 1 is 1.58 bits per heavy atom. The van der Waals surface area contributed by atoms with Crippen LogP contribution in [-0.2, 0) is 0 Å². The van der Waals surface area contributed by atoms with E-state index < -0.39 is 0 Å². The largest absolute Gasteiger partial charge is 0.381 e. The van der Waals surface area contributed by atoms with Gasteiger partial charge in [0.1, 0.15) is 6.07 Å². The van der Waals surface area contributed by atoms with Crippen LogP contribution in [0.5, 0.6) is 0 Å². The van der Waals surface area contributed by atoms with Crippen molar-refractivity contribution in [2.45, 2.75) is 18.8 Å². The third-order valence-electron chi connectivity index (χ3n) is 1.92. The Hall–Kier alpha value is -1.63. The molecule has 12 heavy (non-hydrogen) atoms. The number of nitriles is 1. The maximum atomic E-state index is 8.61. The summed E-state index contributed by atoms with van der Waals surface area (Å²) >= 11 is 0. The number of rotatable bonds is 1. The van der Waals surface area contributed by atoms with Crippen LogP contribution in [0.2, 0.25) is 0 Å². The molecule has 60 valence electrons. The van der Waals surface area contributed by atoms with Gasteiger partial charge >= 0.3 is 0 Å². The van der Waals surface area contributed by atoms with Crippen molar-refractivity contribution < 1.29 is 0 Å². The van der Waals surface area contributed by atoms with Gasteiger partial charge in [0.15, 0.2) is 11.5 Å². The van der Waals surface area contributed by atoms with Crippen molar-refractivity contribution in [2.75, 3.05) is 5.73 Å². The number of aromatic nitrogens is 2. The zero-order valence-corrected chi connectivity index (χ0v) is 6.49. The van der Waals surface area contributed by atoms with Gasteiger partial charge in [-0.15, -0.1) is 0 Å². The molecule has 4 heteroatoms. The summed E-state index contributed by atoms with van der Waals surface area (Å²) in [6, 6.07) is 1.92. The summed E-state index contributed by atoms with van der Waals surface area (Å²) in [4.78, 5) is 8.01.